The molecule has 0 amide bonds. The Hall–Kier alpha value is -2.99. The first-order valence-electron chi connectivity index (χ1n) is 11.1. The Morgan fingerprint density at radius 3 is 1.79 bits per heavy atom. The van der Waals surface area contributed by atoms with Gasteiger partial charge in [-0.15, -0.1) is 0 Å². The molecule has 1 fully saturated rings. The second-order valence-electron chi connectivity index (χ2n) is 9.05. The topological polar surface area (TPSA) is 57.6 Å². The number of fused-ring (bicyclic) bond motifs is 1. The molecule has 5 heteroatoms. The Kier molecular flexibility index (Phi) is 5.57. The summed E-state index contributed by atoms with van der Waals surface area (Å²) in [6, 6.07) is 33.8. The second-order valence-corrected chi connectivity index (χ2v) is 11.2. The van der Waals surface area contributed by atoms with E-state index in [-0.39, 0.29) is 19.1 Å². The number of β-amino-alcohol motifs (C(OH)–C–C–N with tert-alkyl or cyclic N) is 1. The average Bonchev–Trinajstić information content (AvgIpc) is 2.79. The molecule has 1 heterocycles. The molecule has 1 N–H and O–H groups in total. The maximum atomic E-state index is 12.9. The van der Waals surface area contributed by atoms with Gasteiger partial charge in [0.05, 0.1) is 6.04 Å². The molecule has 1 unspecified atom stereocenters. The van der Waals surface area contributed by atoms with Crippen LogP contribution in [0.15, 0.2) is 103 Å². The van der Waals surface area contributed by atoms with E-state index < -0.39 is 20.7 Å². The summed E-state index contributed by atoms with van der Waals surface area (Å²) >= 11 is 0. The van der Waals surface area contributed by atoms with Crippen molar-refractivity contribution in [2.45, 2.75) is 16.9 Å². The highest BCUT2D eigenvalue weighted by Gasteiger charge is 2.54. The Balaban J connectivity index is 1.50. The van der Waals surface area contributed by atoms with E-state index in [1.165, 1.54) is 6.26 Å². The van der Waals surface area contributed by atoms with E-state index in [0.717, 1.165) is 21.9 Å². The first kappa shape index (κ1) is 21.8. The van der Waals surface area contributed by atoms with Gasteiger partial charge in [-0.1, -0.05) is 97.1 Å². The van der Waals surface area contributed by atoms with E-state index in [2.05, 4.69) is 29.2 Å². The molecule has 0 radical (unpaired) electrons. The third-order valence-corrected chi connectivity index (χ3v) is 8.11. The molecule has 1 atom stereocenters. The summed E-state index contributed by atoms with van der Waals surface area (Å²) in [5.74, 6) is 0. The summed E-state index contributed by atoms with van der Waals surface area (Å²) in [6.45, 7) is 0.540. The SMILES string of the molecule is CS(=O)(=O)C(c1ccc2ccccc2c1)C1(O)CN(C(c2ccccc2)c2ccccc2)C1. The van der Waals surface area contributed by atoms with Crippen molar-refractivity contribution in [2.24, 2.45) is 0 Å². The van der Waals surface area contributed by atoms with E-state index in [1.54, 1.807) is 0 Å². The van der Waals surface area contributed by atoms with Gasteiger partial charge in [-0.25, -0.2) is 8.42 Å². The summed E-state index contributed by atoms with van der Waals surface area (Å²) in [5.41, 5.74) is 1.51. The summed E-state index contributed by atoms with van der Waals surface area (Å²) < 4.78 is 25.9. The zero-order valence-electron chi connectivity index (χ0n) is 18.5. The zero-order chi connectivity index (χ0) is 23.1. The standard InChI is InChI=1S/C28H27NO3S/c1-33(31,32)27(25-17-16-21-10-8-9-15-24(21)18-25)28(30)19-29(20-28)26(22-11-4-2-5-12-22)23-13-6-3-7-14-23/h2-18,26-27,30H,19-20H2,1H3. The van der Waals surface area contributed by atoms with E-state index in [0.29, 0.717) is 5.56 Å². The monoisotopic (exact) mass is 457 g/mol. The Labute approximate surface area is 195 Å². The zero-order valence-corrected chi connectivity index (χ0v) is 19.3. The number of hydrogen-bond acceptors (Lipinski definition) is 4. The molecule has 33 heavy (non-hydrogen) atoms. The molecule has 0 aliphatic carbocycles. The molecule has 0 saturated carbocycles. The van der Waals surface area contributed by atoms with Crippen molar-refractivity contribution < 1.29 is 13.5 Å². The molecule has 4 aromatic rings. The fourth-order valence-corrected chi connectivity index (χ4v) is 6.80. The van der Waals surface area contributed by atoms with Crippen LogP contribution in [-0.2, 0) is 9.84 Å². The van der Waals surface area contributed by atoms with Crippen LogP contribution in [0.2, 0.25) is 0 Å². The van der Waals surface area contributed by atoms with Gasteiger partial charge >= 0.3 is 0 Å². The van der Waals surface area contributed by atoms with Crippen molar-refractivity contribution in [1.82, 2.24) is 4.90 Å². The van der Waals surface area contributed by atoms with E-state index in [4.69, 9.17) is 0 Å². The second kappa shape index (κ2) is 8.41. The van der Waals surface area contributed by atoms with Gasteiger partial charge in [0.15, 0.2) is 9.84 Å². The van der Waals surface area contributed by atoms with Gasteiger partial charge in [0.1, 0.15) is 10.9 Å². The molecule has 4 nitrogen and oxygen atoms in total. The van der Waals surface area contributed by atoms with Crippen LogP contribution in [0.3, 0.4) is 0 Å². The maximum absolute atomic E-state index is 12.9. The first-order chi connectivity index (χ1) is 15.9. The molecular formula is C28H27NO3S. The highest BCUT2D eigenvalue weighted by Crippen LogP contribution is 2.44. The number of likely N-dealkylation sites (tertiary alicyclic amines) is 1. The molecule has 1 saturated heterocycles. The van der Waals surface area contributed by atoms with E-state index in [9.17, 15) is 13.5 Å². The molecule has 0 bridgehead atoms. The van der Waals surface area contributed by atoms with Crippen LogP contribution >= 0.6 is 0 Å². The van der Waals surface area contributed by atoms with Crippen LogP contribution in [-0.4, -0.2) is 43.4 Å². The van der Waals surface area contributed by atoms with Gasteiger partial charge in [-0.05, 0) is 33.5 Å². The number of nitrogens with zero attached hydrogens (tertiary/aromatic N) is 1. The van der Waals surface area contributed by atoms with Gasteiger partial charge in [0, 0.05) is 19.3 Å². The predicted molar refractivity (Wildman–Crippen MR) is 133 cm³/mol. The third-order valence-electron chi connectivity index (χ3n) is 6.54. The fourth-order valence-electron chi connectivity index (χ4n) is 5.22. The van der Waals surface area contributed by atoms with E-state index >= 15 is 0 Å². The molecule has 0 aromatic heterocycles. The van der Waals surface area contributed by atoms with Crippen molar-refractivity contribution in [3.05, 3.63) is 120 Å². The molecule has 1 aliphatic rings. The number of hydrogen-bond donors (Lipinski definition) is 1. The lowest BCUT2D eigenvalue weighted by Crippen LogP contribution is -2.66. The smallest absolute Gasteiger partial charge is 0.157 e. The van der Waals surface area contributed by atoms with Crippen molar-refractivity contribution in [1.29, 1.82) is 0 Å². The lowest BCUT2D eigenvalue weighted by Gasteiger charge is -2.53. The van der Waals surface area contributed by atoms with Crippen molar-refractivity contribution in [2.75, 3.05) is 19.3 Å². The molecule has 0 spiro atoms. The minimum atomic E-state index is -3.56. The molecule has 4 aromatic carbocycles. The largest absolute Gasteiger partial charge is 0.385 e. The van der Waals surface area contributed by atoms with Gasteiger partial charge < -0.3 is 5.11 Å². The maximum Gasteiger partial charge on any atom is 0.157 e. The minimum Gasteiger partial charge on any atom is -0.385 e. The number of rotatable bonds is 6. The predicted octanol–water partition coefficient (Wildman–Crippen LogP) is 4.76. The molecule has 168 valence electrons. The van der Waals surface area contributed by atoms with Crippen LogP contribution in [0.4, 0.5) is 0 Å². The number of aliphatic hydroxyl groups is 1. The number of benzene rings is 4. The summed E-state index contributed by atoms with van der Waals surface area (Å²) in [6.07, 6.45) is 1.22. The number of sulfone groups is 1. The van der Waals surface area contributed by atoms with Gasteiger partial charge in [0.25, 0.3) is 0 Å². The van der Waals surface area contributed by atoms with E-state index in [1.807, 2.05) is 78.9 Å². The highest BCUT2D eigenvalue weighted by atomic mass is 32.2. The fraction of sp³-hybridized carbons (Fsp3) is 0.214. The van der Waals surface area contributed by atoms with Crippen molar-refractivity contribution >= 4 is 20.6 Å². The van der Waals surface area contributed by atoms with Gasteiger partial charge in [0.2, 0.25) is 0 Å². The van der Waals surface area contributed by atoms with Crippen molar-refractivity contribution in [3.8, 4) is 0 Å². The van der Waals surface area contributed by atoms with Crippen LogP contribution in [0, 0.1) is 0 Å². The van der Waals surface area contributed by atoms with Gasteiger partial charge in [-0.3, -0.25) is 4.90 Å². The quantitative estimate of drug-likeness (QED) is 0.454. The molecule has 1 aliphatic heterocycles. The Morgan fingerprint density at radius 2 is 1.24 bits per heavy atom. The lowest BCUT2D eigenvalue weighted by atomic mass is 9.82. The third kappa shape index (κ3) is 4.20. The van der Waals surface area contributed by atoms with Crippen LogP contribution in [0.1, 0.15) is 28.0 Å². The van der Waals surface area contributed by atoms with Gasteiger partial charge in [-0.2, -0.15) is 0 Å². The summed E-state index contributed by atoms with van der Waals surface area (Å²) in [7, 11) is -3.56. The van der Waals surface area contributed by atoms with Crippen molar-refractivity contribution in [3.63, 3.8) is 0 Å². The normalized spacial score (nSPS) is 17.1. The van der Waals surface area contributed by atoms with Crippen LogP contribution < -0.4 is 0 Å². The first-order valence-corrected chi connectivity index (χ1v) is 13.0. The highest BCUT2D eigenvalue weighted by molar-refractivity contribution is 7.91. The minimum absolute atomic E-state index is 0.0514. The molecular weight excluding hydrogens is 430 g/mol. The Bertz CT molecular complexity index is 1320. The average molecular weight is 458 g/mol. The van der Waals surface area contributed by atoms with Crippen LogP contribution in [0.5, 0.6) is 0 Å². The van der Waals surface area contributed by atoms with Crippen LogP contribution in [0.25, 0.3) is 10.8 Å². The Morgan fingerprint density at radius 1 is 0.727 bits per heavy atom. The lowest BCUT2D eigenvalue weighted by molar-refractivity contribution is -0.112. The summed E-state index contributed by atoms with van der Waals surface area (Å²) in [4.78, 5) is 2.16. The summed E-state index contributed by atoms with van der Waals surface area (Å²) in [5, 5.41) is 12.6. The molecule has 5 rings (SSSR count).